The molecule has 0 saturated heterocycles. The lowest BCUT2D eigenvalue weighted by atomic mass is 9.33. The molecule has 12 rings (SSSR count). The Morgan fingerprint density at radius 1 is 0.412 bits per heavy atom. The zero-order valence-corrected chi connectivity index (χ0v) is 48.0. The zero-order chi connectivity index (χ0) is 56.4. The number of hydrogen-bond acceptors (Lipinski definition) is 4. The van der Waals surface area contributed by atoms with Gasteiger partial charge in [-0.3, -0.25) is 0 Å². The first-order valence-corrected chi connectivity index (χ1v) is 27.8. The molecule has 0 radical (unpaired) electrons. The number of rotatable bonds is 5. The molecule has 10 aromatic rings. The second kappa shape index (κ2) is 18.5. The Kier molecular flexibility index (Phi) is 12.0. The summed E-state index contributed by atoms with van der Waals surface area (Å²) in [6.45, 7) is 35.7. The highest BCUT2D eigenvalue weighted by Gasteiger charge is 2.44. The SMILES string of the molecule is [C-]#[N+]c1cc(C#N)cc(-c2cc(C#N)ccc2-n2c3ccccc3c3cc(-c4cc5c6c(c4)N(c4cc(C(C)(C)C)cc(C(C)(C)C)c4)c4ccccc4B6c4ccccc4N5c4cc(C(C)(C)C)cc(C(C)(C)C)c4)ccc32)c1. The van der Waals surface area contributed by atoms with E-state index >= 15 is 0 Å². The van der Waals surface area contributed by atoms with Crippen molar-refractivity contribution in [3.8, 4) is 40.1 Å². The van der Waals surface area contributed by atoms with E-state index in [-0.39, 0.29) is 28.4 Å². The summed E-state index contributed by atoms with van der Waals surface area (Å²) in [6, 6.07) is 68.5. The lowest BCUT2D eigenvalue weighted by Crippen LogP contribution is -2.61. The summed E-state index contributed by atoms with van der Waals surface area (Å²) in [5, 5.41) is 22.5. The third-order valence-electron chi connectivity index (χ3n) is 16.6. The van der Waals surface area contributed by atoms with E-state index < -0.39 is 0 Å². The standard InChI is InChI=1S/C73H65BN6/c1-70(2,3)50-37-51(71(4,5)6)40-55(39-50)78-65-24-18-15-21-60(65)74-61-22-16-19-25-66(61)79(56-41-52(72(7,8)9)38-53(42-56)73(10,11)12)68-36-48(35-67(78)69(68)74)47-27-29-64-59(34-47)57-20-14-17-23-62(57)80(64)63-28-26-45(43-75)32-58(63)49-30-46(44-76)31-54(33-49)77-13/h14-42H,1-12H3. The minimum atomic E-state index is -0.109. The van der Waals surface area contributed by atoms with Gasteiger partial charge in [0.2, 0.25) is 0 Å². The number of nitrogens with zero attached hydrogens (tertiary/aromatic N) is 6. The molecule has 0 N–H and O–H groups in total. The summed E-state index contributed by atoms with van der Waals surface area (Å²) in [6.07, 6.45) is 0. The summed E-state index contributed by atoms with van der Waals surface area (Å²) >= 11 is 0. The van der Waals surface area contributed by atoms with Crippen LogP contribution in [-0.4, -0.2) is 11.3 Å². The lowest BCUT2D eigenvalue weighted by Gasteiger charge is -2.45. The van der Waals surface area contributed by atoms with Crippen molar-refractivity contribution in [1.82, 2.24) is 4.57 Å². The van der Waals surface area contributed by atoms with Gasteiger partial charge in [0.15, 0.2) is 5.69 Å². The number of anilines is 6. The predicted octanol–water partition coefficient (Wildman–Crippen LogP) is 17.7. The molecule has 0 unspecified atom stereocenters. The van der Waals surface area contributed by atoms with Gasteiger partial charge < -0.3 is 14.4 Å². The fourth-order valence-corrected chi connectivity index (χ4v) is 12.2. The van der Waals surface area contributed by atoms with Crippen molar-refractivity contribution in [1.29, 1.82) is 10.5 Å². The molecule has 0 bridgehead atoms. The molecule has 7 heteroatoms. The van der Waals surface area contributed by atoms with E-state index in [0.717, 1.165) is 66.9 Å². The van der Waals surface area contributed by atoms with Crippen molar-refractivity contribution < 1.29 is 0 Å². The van der Waals surface area contributed by atoms with Crippen LogP contribution in [0.4, 0.5) is 39.8 Å². The minimum absolute atomic E-state index is 0.0449. The summed E-state index contributed by atoms with van der Waals surface area (Å²) < 4.78 is 2.27. The predicted molar refractivity (Wildman–Crippen MR) is 336 cm³/mol. The van der Waals surface area contributed by atoms with E-state index in [1.54, 1.807) is 6.07 Å². The van der Waals surface area contributed by atoms with E-state index in [9.17, 15) is 10.5 Å². The molecule has 1 aromatic heterocycles. The Labute approximate surface area is 472 Å². The zero-order valence-electron chi connectivity index (χ0n) is 48.0. The minimum Gasteiger partial charge on any atom is -0.311 e. The molecule has 80 heavy (non-hydrogen) atoms. The van der Waals surface area contributed by atoms with Crippen LogP contribution in [0.5, 0.6) is 0 Å². The maximum absolute atomic E-state index is 10.2. The molecule has 0 fully saturated rings. The van der Waals surface area contributed by atoms with Crippen LogP contribution in [0.1, 0.15) is 116 Å². The first kappa shape index (κ1) is 51.7. The lowest BCUT2D eigenvalue weighted by molar-refractivity contribution is 0.568. The summed E-state index contributed by atoms with van der Waals surface area (Å²) in [5.74, 6) is 0. The number of para-hydroxylation sites is 3. The van der Waals surface area contributed by atoms with Crippen molar-refractivity contribution in [2.45, 2.75) is 105 Å². The Morgan fingerprint density at radius 2 is 0.912 bits per heavy atom. The summed E-state index contributed by atoms with van der Waals surface area (Å²) in [4.78, 5) is 8.85. The van der Waals surface area contributed by atoms with Crippen LogP contribution >= 0.6 is 0 Å². The highest BCUT2D eigenvalue weighted by atomic mass is 15.2. The summed E-state index contributed by atoms with van der Waals surface area (Å²) in [5.41, 5.74) is 23.2. The van der Waals surface area contributed by atoms with Crippen LogP contribution in [0.25, 0.3) is 54.6 Å². The van der Waals surface area contributed by atoms with Gasteiger partial charge in [-0.25, -0.2) is 4.85 Å². The van der Waals surface area contributed by atoms with E-state index in [1.165, 1.54) is 50.0 Å². The Bertz CT molecular complexity index is 4110. The smallest absolute Gasteiger partial charge is 0.252 e. The average molecular weight is 1040 g/mol. The van der Waals surface area contributed by atoms with Gasteiger partial charge in [0.05, 0.1) is 41.0 Å². The van der Waals surface area contributed by atoms with Crippen LogP contribution in [0.3, 0.4) is 0 Å². The topological polar surface area (TPSA) is 63.4 Å². The van der Waals surface area contributed by atoms with Crippen molar-refractivity contribution >= 4 is 84.7 Å². The van der Waals surface area contributed by atoms with Gasteiger partial charge in [-0.2, -0.15) is 10.5 Å². The average Bonchev–Trinajstić information content (AvgIpc) is 3.84. The van der Waals surface area contributed by atoms with Gasteiger partial charge in [-0.05, 0) is 180 Å². The van der Waals surface area contributed by atoms with Crippen molar-refractivity contribution in [2.75, 3.05) is 9.80 Å². The van der Waals surface area contributed by atoms with Crippen LogP contribution in [-0.2, 0) is 21.7 Å². The maximum atomic E-state index is 10.2. The quantitative estimate of drug-likeness (QED) is 0.127. The van der Waals surface area contributed by atoms with E-state index in [0.29, 0.717) is 22.4 Å². The van der Waals surface area contributed by atoms with Gasteiger partial charge in [0.25, 0.3) is 6.71 Å². The van der Waals surface area contributed by atoms with Gasteiger partial charge >= 0.3 is 0 Å². The van der Waals surface area contributed by atoms with Crippen LogP contribution in [0.2, 0.25) is 0 Å². The molecule has 390 valence electrons. The maximum Gasteiger partial charge on any atom is 0.252 e. The Morgan fingerprint density at radius 3 is 1.43 bits per heavy atom. The van der Waals surface area contributed by atoms with Crippen molar-refractivity contribution in [2.24, 2.45) is 0 Å². The third-order valence-corrected chi connectivity index (χ3v) is 16.6. The molecule has 2 aliphatic heterocycles. The molecule has 0 amide bonds. The molecule has 9 aromatic carbocycles. The third kappa shape index (κ3) is 8.63. The Hall–Kier alpha value is -9.09. The molecule has 0 saturated carbocycles. The molecule has 2 aliphatic rings. The van der Waals surface area contributed by atoms with Gasteiger partial charge in [-0.15, -0.1) is 0 Å². The second-order valence-electron chi connectivity index (χ2n) is 26.1. The molecule has 0 aliphatic carbocycles. The summed E-state index contributed by atoms with van der Waals surface area (Å²) in [7, 11) is 0. The Balaban J connectivity index is 1.17. The van der Waals surface area contributed by atoms with Crippen molar-refractivity contribution in [3.05, 3.63) is 221 Å². The van der Waals surface area contributed by atoms with Gasteiger partial charge in [-0.1, -0.05) is 156 Å². The monoisotopic (exact) mass is 1040 g/mol. The van der Waals surface area contributed by atoms with Crippen LogP contribution < -0.4 is 26.2 Å². The number of fused-ring (bicyclic) bond motifs is 7. The fraction of sp³-hybridized carbons (Fsp3) is 0.219. The molecule has 0 atom stereocenters. The first-order chi connectivity index (χ1) is 38.0. The van der Waals surface area contributed by atoms with Crippen LogP contribution in [0.15, 0.2) is 176 Å². The molecule has 3 heterocycles. The second-order valence-corrected chi connectivity index (χ2v) is 26.1. The molecular formula is C73H65BN6. The van der Waals surface area contributed by atoms with Crippen molar-refractivity contribution in [3.63, 3.8) is 0 Å². The number of nitriles is 2. The molecule has 0 spiro atoms. The molecule has 6 nitrogen and oxygen atoms in total. The van der Waals surface area contributed by atoms with Gasteiger partial charge in [0, 0.05) is 56.0 Å². The van der Waals surface area contributed by atoms with Gasteiger partial charge in [0.1, 0.15) is 0 Å². The first-order valence-electron chi connectivity index (χ1n) is 27.8. The highest BCUT2D eigenvalue weighted by molar-refractivity contribution is 7.00. The number of benzene rings is 9. The van der Waals surface area contributed by atoms with E-state index in [4.69, 9.17) is 6.57 Å². The van der Waals surface area contributed by atoms with E-state index in [2.05, 4.69) is 254 Å². The van der Waals surface area contributed by atoms with E-state index in [1.807, 2.05) is 30.3 Å². The normalized spacial score (nSPS) is 13.1. The molecular weight excluding hydrogens is 972 g/mol. The highest BCUT2D eigenvalue weighted by Crippen LogP contribution is 2.49. The fourth-order valence-electron chi connectivity index (χ4n) is 12.2. The van der Waals surface area contributed by atoms with Crippen LogP contribution in [0, 0.1) is 29.2 Å². The number of aromatic nitrogens is 1. The largest absolute Gasteiger partial charge is 0.311 e. The number of hydrogen-bond donors (Lipinski definition) is 0.